The van der Waals surface area contributed by atoms with Gasteiger partial charge in [-0.1, -0.05) is 36.1 Å². The Morgan fingerprint density at radius 3 is 2.39 bits per heavy atom. The summed E-state index contributed by atoms with van der Waals surface area (Å²) in [5, 5.41) is 2.83. The lowest BCUT2D eigenvalue weighted by Gasteiger charge is -2.12. The van der Waals surface area contributed by atoms with Crippen LogP contribution in [0.3, 0.4) is 0 Å². The smallest absolute Gasteiger partial charge is 0.255 e. The molecule has 0 bridgehead atoms. The van der Waals surface area contributed by atoms with Gasteiger partial charge in [0.25, 0.3) is 5.91 Å². The number of sulfonamides is 1. The lowest BCUT2D eigenvalue weighted by Crippen LogP contribution is -2.31. The topological polar surface area (TPSA) is 84.5 Å². The SMILES string of the molecule is O=C(Nc1cccc(C#Cc2ccccc2)c1)c1ccc(S(=O)(=O)NCC2CCCO2)cc1. The molecule has 0 aromatic heterocycles. The highest BCUT2D eigenvalue weighted by Gasteiger charge is 2.20. The van der Waals surface area contributed by atoms with Crippen molar-refractivity contribution in [1.82, 2.24) is 4.72 Å². The molecule has 1 heterocycles. The minimum absolute atomic E-state index is 0.0852. The first-order chi connectivity index (χ1) is 16.0. The fourth-order valence-electron chi connectivity index (χ4n) is 3.42. The van der Waals surface area contributed by atoms with E-state index in [4.69, 9.17) is 4.74 Å². The number of hydrogen-bond donors (Lipinski definition) is 2. The van der Waals surface area contributed by atoms with E-state index in [2.05, 4.69) is 21.9 Å². The van der Waals surface area contributed by atoms with Crippen LogP contribution in [0.4, 0.5) is 5.69 Å². The number of nitrogens with one attached hydrogen (secondary N) is 2. The Hall–Kier alpha value is -3.44. The third-order valence-electron chi connectivity index (χ3n) is 5.20. The highest BCUT2D eigenvalue weighted by Crippen LogP contribution is 2.16. The van der Waals surface area contributed by atoms with Crippen LogP contribution in [0, 0.1) is 11.8 Å². The van der Waals surface area contributed by atoms with E-state index in [0.717, 1.165) is 24.0 Å². The van der Waals surface area contributed by atoms with E-state index in [9.17, 15) is 13.2 Å². The van der Waals surface area contributed by atoms with Gasteiger partial charge in [-0.15, -0.1) is 0 Å². The summed E-state index contributed by atoms with van der Waals surface area (Å²) in [6.45, 7) is 0.910. The minimum atomic E-state index is -3.66. The Balaban J connectivity index is 1.39. The molecule has 0 aliphatic carbocycles. The van der Waals surface area contributed by atoms with E-state index in [1.807, 2.05) is 42.5 Å². The quantitative estimate of drug-likeness (QED) is 0.548. The first kappa shape index (κ1) is 22.7. The molecule has 3 aromatic carbocycles. The van der Waals surface area contributed by atoms with Crippen LogP contribution in [0.2, 0.25) is 0 Å². The molecule has 1 fully saturated rings. The monoisotopic (exact) mass is 460 g/mol. The number of carbonyl (C=O) groups is 1. The van der Waals surface area contributed by atoms with Crippen molar-refractivity contribution in [3.05, 3.63) is 95.6 Å². The van der Waals surface area contributed by atoms with Crippen molar-refractivity contribution in [1.29, 1.82) is 0 Å². The van der Waals surface area contributed by atoms with Crippen LogP contribution in [-0.4, -0.2) is 33.6 Å². The molecule has 1 atom stereocenters. The van der Waals surface area contributed by atoms with Crippen LogP contribution < -0.4 is 10.0 Å². The normalized spacial score (nSPS) is 15.5. The average molecular weight is 461 g/mol. The summed E-state index contributed by atoms with van der Waals surface area (Å²) >= 11 is 0. The molecular formula is C26H24N2O4S. The molecule has 1 aliphatic rings. The van der Waals surface area contributed by atoms with Crippen molar-refractivity contribution in [2.45, 2.75) is 23.8 Å². The van der Waals surface area contributed by atoms with Crippen molar-refractivity contribution in [2.75, 3.05) is 18.5 Å². The molecule has 0 saturated carbocycles. The number of ether oxygens (including phenoxy) is 1. The van der Waals surface area contributed by atoms with Gasteiger partial charge in [-0.25, -0.2) is 13.1 Å². The van der Waals surface area contributed by atoms with Crippen LogP contribution in [0.5, 0.6) is 0 Å². The number of benzene rings is 3. The Kier molecular flexibility index (Phi) is 7.20. The summed E-state index contributed by atoms with van der Waals surface area (Å²) in [5.74, 6) is 5.84. The maximum atomic E-state index is 12.6. The summed E-state index contributed by atoms with van der Waals surface area (Å²) in [4.78, 5) is 12.7. The lowest BCUT2D eigenvalue weighted by atomic mass is 10.1. The fraction of sp³-hybridized carbons (Fsp3) is 0.192. The molecule has 4 rings (SSSR count). The van der Waals surface area contributed by atoms with Crippen LogP contribution in [0.25, 0.3) is 0 Å². The Labute approximate surface area is 194 Å². The second kappa shape index (κ2) is 10.5. The molecular weight excluding hydrogens is 436 g/mol. The van der Waals surface area contributed by atoms with Gasteiger partial charge in [0, 0.05) is 35.5 Å². The predicted molar refractivity (Wildman–Crippen MR) is 127 cm³/mol. The van der Waals surface area contributed by atoms with Gasteiger partial charge in [-0.3, -0.25) is 4.79 Å². The fourth-order valence-corrected chi connectivity index (χ4v) is 4.49. The van der Waals surface area contributed by atoms with Gasteiger partial charge in [-0.2, -0.15) is 0 Å². The molecule has 168 valence electrons. The van der Waals surface area contributed by atoms with Gasteiger partial charge in [0.1, 0.15) is 0 Å². The maximum Gasteiger partial charge on any atom is 0.255 e. The van der Waals surface area contributed by atoms with Gasteiger partial charge in [0.05, 0.1) is 11.0 Å². The lowest BCUT2D eigenvalue weighted by molar-refractivity contribution is 0.102. The van der Waals surface area contributed by atoms with Crippen molar-refractivity contribution >= 4 is 21.6 Å². The molecule has 0 radical (unpaired) electrons. The maximum absolute atomic E-state index is 12.6. The van der Waals surface area contributed by atoms with Crippen LogP contribution in [-0.2, 0) is 14.8 Å². The molecule has 1 aliphatic heterocycles. The third-order valence-corrected chi connectivity index (χ3v) is 6.64. The van der Waals surface area contributed by atoms with Crippen molar-refractivity contribution < 1.29 is 17.9 Å². The second-order valence-corrected chi connectivity index (χ2v) is 9.43. The van der Waals surface area contributed by atoms with Gasteiger partial charge in [0.2, 0.25) is 10.0 Å². The van der Waals surface area contributed by atoms with E-state index >= 15 is 0 Å². The van der Waals surface area contributed by atoms with E-state index in [-0.39, 0.29) is 23.5 Å². The number of hydrogen-bond acceptors (Lipinski definition) is 4. The molecule has 1 saturated heterocycles. The van der Waals surface area contributed by atoms with Crippen molar-refractivity contribution in [3.63, 3.8) is 0 Å². The molecule has 2 N–H and O–H groups in total. The molecule has 1 amide bonds. The number of rotatable bonds is 6. The highest BCUT2D eigenvalue weighted by molar-refractivity contribution is 7.89. The molecule has 1 unspecified atom stereocenters. The zero-order valence-electron chi connectivity index (χ0n) is 18.0. The largest absolute Gasteiger partial charge is 0.377 e. The first-order valence-electron chi connectivity index (χ1n) is 10.7. The van der Waals surface area contributed by atoms with Gasteiger partial charge in [0.15, 0.2) is 0 Å². The molecule has 6 nitrogen and oxygen atoms in total. The molecule has 0 spiro atoms. The molecule has 7 heteroatoms. The third kappa shape index (κ3) is 6.30. The van der Waals surface area contributed by atoms with Crippen molar-refractivity contribution in [2.24, 2.45) is 0 Å². The summed E-state index contributed by atoms with van der Waals surface area (Å²) in [5.41, 5.74) is 2.64. The summed E-state index contributed by atoms with van der Waals surface area (Å²) < 4.78 is 33.0. The molecule has 3 aromatic rings. The zero-order valence-corrected chi connectivity index (χ0v) is 18.8. The predicted octanol–water partition coefficient (Wildman–Crippen LogP) is 3.80. The van der Waals surface area contributed by atoms with E-state index in [0.29, 0.717) is 17.9 Å². The average Bonchev–Trinajstić information content (AvgIpc) is 3.36. The van der Waals surface area contributed by atoms with Crippen LogP contribution in [0.15, 0.2) is 83.8 Å². The zero-order chi connectivity index (χ0) is 23.1. The Bertz CT molecular complexity index is 1270. The number of carbonyl (C=O) groups excluding carboxylic acids is 1. The minimum Gasteiger partial charge on any atom is -0.377 e. The summed E-state index contributed by atoms with van der Waals surface area (Å²) in [7, 11) is -3.66. The number of amides is 1. The van der Waals surface area contributed by atoms with E-state index in [1.54, 1.807) is 12.1 Å². The highest BCUT2D eigenvalue weighted by atomic mass is 32.2. The van der Waals surface area contributed by atoms with Gasteiger partial charge < -0.3 is 10.1 Å². The molecule has 33 heavy (non-hydrogen) atoms. The van der Waals surface area contributed by atoms with Gasteiger partial charge >= 0.3 is 0 Å². The van der Waals surface area contributed by atoms with Crippen molar-refractivity contribution in [3.8, 4) is 11.8 Å². The Morgan fingerprint density at radius 2 is 1.67 bits per heavy atom. The first-order valence-corrected chi connectivity index (χ1v) is 12.2. The second-order valence-electron chi connectivity index (χ2n) is 7.66. The van der Waals surface area contributed by atoms with E-state index in [1.165, 1.54) is 24.3 Å². The van der Waals surface area contributed by atoms with Crippen LogP contribution in [0.1, 0.15) is 34.3 Å². The Morgan fingerprint density at radius 1 is 0.939 bits per heavy atom. The van der Waals surface area contributed by atoms with Crippen LogP contribution >= 0.6 is 0 Å². The van der Waals surface area contributed by atoms with Gasteiger partial charge in [-0.05, 0) is 67.4 Å². The number of anilines is 1. The standard InChI is InChI=1S/C26H24N2O4S/c29-26(28-23-9-4-8-21(18-23)12-11-20-6-2-1-3-7-20)22-13-15-25(16-14-22)33(30,31)27-19-24-10-5-17-32-24/h1-4,6-9,13-16,18,24,27H,5,10,17,19H2,(H,28,29). The van der Waals surface area contributed by atoms with E-state index < -0.39 is 10.0 Å². The summed E-state index contributed by atoms with van der Waals surface area (Å²) in [6.07, 6.45) is 1.71. The summed E-state index contributed by atoms with van der Waals surface area (Å²) in [6, 6.07) is 22.8.